The number of Topliss-reactive ketones (excluding diaryl/α,β-unsaturated/α-hetero) is 2. The third kappa shape index (κ3) is 3.53. The van der Waals surface area contributed by atoms with Crippen molar-refractivity contribution in [2.45, 2.75) is 40.0 Å². The standard InChI is InChI=1S/C18H27NO5/c1-5-6-13(20)14-12(19-7-9-24-10-8-19)11-18(2,3)15(16(14)21)17(22)23-4/h15H,5-11H2,1-4H3/t15-/m0/s1. The van der Waals surface area contributed by atoms with E-state index in [-0.39, 0.29) is 11.4 Å². The quantitative estimate of drug-likeness (QED) is 0.432. The molecule has 1 aliphatic heterocycles. The highest BCUT2D eigenvalue weighted by molar-refractivity contribution is 6.25. The number of esters is 1. The third-order valence-electron chi connectivity index (χ3n) is 4.79. The van der Waals surface area contributed by atoms with E-state index in [9.17, 15) is 14.4 Å². The van der Waals surface area contributed by atoms with Gasteiger partial charge in [0.1, 0.15) is 5.92 Å². The van der Waals surface area contributed by atoms with E-state index in [0.29, 0.717) is 45.6 Å². The van der Waals surface area contributed by atoms with Crippen LogP contribution in [0.3, 0.4) is 0 Å². The Morgan fingerprint density at radius 2 is 1.92 bits per heavy atom. The maximum Gasteiger partial charge on any atom is 0.317 e. The zero-order valence-electron chi connectivity index (χ0n) is 15.0. The van der Waals surface area contributed by atoms with Crippen LogP contribution in [0.4, 0.5) is 0 Å². The van der Waals surface area contributed by atoms with E-state index >= 15 is 0 Å². The van der Waals surface area contributed by atoms with Crippen molar-refractivity contribution in [3.8, 4) is 0 Å². The van der Waals surface area contributed by atoms with E-state index in [4.69, 9.17) is 9.47 Å². The molecule has 1 fully saturated rings. The van der Waals surface area contributed by atoms with Crippen molar-refractivity contribution in [3.05, 3.63) is 11.3 Å². The van der Waals surface area contributed by atoms with Crippen LogP contribution in [0.1, 0.15) is 40.0 Å². The van der Waals surface area contributed by atoms with Gasteiger partial charge in [-0.1, -0.05) is 20.8 Å². The van der Waals surface area contributed by atoms with Crippen LogP contribution in [0.5, 0.6) is 0 Å². The van der Waals surface area contributed by atoms with Gasteiger partial charge in [-0.25, -0.2) is 0 Å². The van der Waals surface area contributed by atoms with Gasteiger partial charge < -0.3 is 14.4 Å². The highest BCUT2D eigenvalue weighted by Crippen LogP contribution is 2.43. The van der Waals surface area contributed by atoms with Crippen molar-refractivity contribution in [1.82, 2.24) is 4.90 Å². The van der Waals surface area contributed by atoms with E-state index in [2.05, 4.69) is 4.90 Å². The van der Waals surface area contributed by atoms with Crippen LogP contribution < -0.4 is 0 Å². The van der Waals surface area contributed by atoms with Crippen molar-refractivity contribution in [3.63, 3.8) is 0 Å². The first-order valence-corrected chi connectivity index (χ1v) is 8.54. The molecule has 0 amide bonds. The molecule has 0 aromatic carbocycles. The summed E-state index contributed by atoms with van der Waals surface area (Å²) in [5.74, 6) is -2.05. The fourth-order valence-electron chi connectivity index (χ4n) is 3.56. The van der Waals surface area contributed by atoms with Gasteiger partial charge in [0.05, 0.1) is 25.9 Å². The summed E-state index contributed by atoms with van der Waals surface area (Å²) < 4.78 is 10.2. The maximum atomic E-state index is 13.1. The van der Waals surface area contributed by atoms with Gasteiger partial charge in [0.15, 0.2) is 11.6 Å². The summed E-state index contributed by atoms with van der Waals surface area (Å²) >= 11 is 0. The molecule has 134 valence electrons. The second-order valence-corrected chi connectivity index (χ2v) is 7.08. The van der Waals surface area contributed by atoms with Gasteiger partial charge in [0.2, 0.25) is 0 Å². The van der Waals surface area contributed by atoms with Crippen LogP contribution in [0.25, 0.3) is 0 Å². The first kappa shape index (κ1) is 18.6. The number of morpholine rings is 1. The van der Waals surface area contributed by atoms with Crippen LogP contribution in [0, 0.1) is 11.3 Å². The topological polar surface area (TPSA) is 72.9 Å². The Labute approximate surface area is 143 Å². The molecule has 0 N–H and O–H groups in total. The molecular weight excluding hydrogens is 310 g/mol. The van der Waals surface area contributed by atoms with Crippen molar-refractivity contribution in [2.75, 3.05) is 33.4 Å². The zero-order chi connectivity index (χ0) is 17.9. The minimum Gasteiger partial charge on any atom is -0.468 e. The number of nitrogens with zero attached hydrogens (tertiary/aromatic N) is 1. The predicted octanol–water partition coefficient (Wildman–Crippen LogP) is 1.73. The van der Waals surface area contributed by atoms with E-state index in [1.807, 2.05) is 20.8 Å². The molecule has 1 saturated heterocycles. The number of hydrogen-bond acceptors (Lipinski definition) is 6. The molecule has 6 heteroatoms. The van der Waals surface area contributed by atoms with E-state index < -0.39 is 23.1 Å². The molecule has 1 heterocycles. The van der Waals surface area contributed by atoms with Crippen molar-refractivity contribution < 1.29 is 23.9 Å². The fourth-order valence-corrected chi connectivity index (χ4v) is 3.56. The molecule has 0 radical (unpaired) electrons. The van der Waals surface area contributed by atoms with Crippen molar-refractivity contribution >= 4 is 17.5 Å². The molecule has 6 nitrogen and oxygen atoms in total. The van der Waals surface area contributed by atoms with Crippen LogP contribution in [-0.2, 0) is 23.9 Å². The van der Waals surface area contributed by atoms with Gasteiger partial charge in [-0.2, -0.15) is 0 Å². The molecular formula is C18H27NO5. The molecule has 0 aromatic heterocycles. The molecule has 1 atom stereocenters. The molecule has 0 bridgehead atoms. The molecule has 0 saturated carbocycles. The normalized spacial score (nSPS) is 24.1. The lowest BCUT2D eigenvalue weighted by molar-refractivity contribution is -0.154. The number of carbonyl (C=O) groups excluding carboxylic acids is 3. The van der Waals surface area contributed by atoms with Crippen LogP contribution in [0.15, 0.2) is 11.3 Å². The second-order valence-electron chi connectivity index (χ2n) is 7.08. The molecule has 1 aliphatic carbocycles. The Kier molecular flexibility index (Phi) is 5.80. The van der Waals surface area contributed by atoms with Crippen LogP contribution in [-0.4, -0.2) is 55.8 Å². The molecule has 0 unspecified atom stereocenters. The van der Waals surface area contributed by atoms with Gasteiger partial charge >= 0.3 is 5.97 Å². The highest BCUT2D eigenvalue weighted by atomic mass is 16.5. The van der Waals surface area contributed by atoms with Gasteiger partial charge in [0.25, 0.3) is 0 Å². The predicted molar refractivity (Wildman–Crippen MR) is 88.2 cm³/mol. The summed E-state index contributed by atoms with van der Waals surface area (Å²) in [7, 11) is 1.28. The Hall–Kier alpha value is -1.69. The van der Waals surface area contributed by atoms with Crippen molar-refractivity contribution in [2.24, 2.45) is 11.3 Å². The second kappa shape index (κ2) is 7.47. The SMILES string of the molecule is CCCC(=O)C1=C(N2CCOCC2)CC(C)(C)[C@H](C(=O)OC)C1=O. The number of ether oxygens (including phenoxy) is 2. The van der Waals surface area contributed by atoms with Gasteiger partial charge in [-0.05, 0) is 18.3 Å². The molecule has 0 aromatic rings. The summed E-state index contributed by atoms with van der Waals surface area (Å²) in [6.07, 6.45) is 1.48. The first-order chi connectivity index (χ1) is 11.3. The number of rotatable bonds is 5. The van der Waals surface area contributed by atoms with E-state index in [1.54, 1.807) is 0 Å². The van der Waals surface area contributed by atoms with Crippen molar-refractivity contribution in [1.29, 1.82) is 0 Å². The highest BCUT2D eigenvalue weighted by Gasteiger charge is 2.49. The molecule has 2 rings (SSSR count). The zero-order valence-corrected chi connectivity index (χ0v) is 15.0. The Morgan fingerprint density at radius 1 is 1.29 bits per heavy atom. The minimum atomic E-state index is -0.928. The lowest BCUT2D eigenvalue weighted by Gasteiger charge is -2.42. The Balaban J connectivity index is 2.50. The largest absolute Gasteiger partial charge is 0.468 e. The molecule has 0 spiro atoms. The summed E-state index contributed by atoms with van der Waals surface area (Å²) in [6, 6.07) is 0. The monoisotopic (exact) mass is 337 g/mol. The lowest BCUT2D eigenvalue weighted by atomic mass is 9.66. The number of allylic oxidation sites excluding steroid dienone is 2. The third-order valence-corrected chi connectivity index (χ3v) is 4.79. The number of methoxy groups -OCH3 is 1. The summed E-state index contributed by atoms with van der Waals surface area (Å²) in [5, 5.41) is 0. The maximum absolute atomic E-state index is 13.1. The summed E-state index contributed by atoms with van der Waals surface area (Å²) in [6.45, 7) is 8.14. The van der Waals surface area contributed by atoms with Gasteiger partial charge in [0, 0.05) is 25.2 Å². The minimum absolute atomic E-state index is 0.173. The van der Waals surface area contributed by atoms with E-state index in [1.165, 1.54) is 7.11 Å². The first-order valence-electron chi connectivity index (χ1n) is 8.54. The number of hydrogen-bond donors (Lipinski definition) is 0. The average molecular weight is 337 g/mol. The summed E-state index contributed by atoms with van der Waals surface area (Å²) in [4.78, 5) is 40.0. The molecule has 2 aliphatic rings. The smallest absolute Gasteiger partial charge is 0.317 e. The Morgan fingerprint density at radius 3 is 2.46 bits per heavy atom. The van der Waals surface area contributed by atoms with Gasteiger partial charge in [-0.15, -0.1) is 0 Å². The summed E-state index contributed by atoms with van der Waals surface area (Å²) in [5.41, 5.74) is 0.383. The van der Waals surface area contributed by atoms with Crippen LogP contribution >= 0.6 is 0 Å². The number of carbonyl (C=O) groups is 3. The average Bonchev–Trinajstić information content (AvgIpc) is 2.54. The molecule has 24 heavy (non-hydrogen) atoms. The van der Waals surface area contributed by atoms with Crippen LogP contribution in [0.2, 0.25) is 0 Å². The van der Waals surface area contributed by atoms with E-state index in [0.717, 1.165) is 5.70 Å². The number of ketones is 2. The fraction of sp³-hybridized carbons (Fsp3) is 0.722. The lowest BCUT2D eigenvalue weighted by Crippen LogP contribution is -2.48. The Bertz CT molecular complexity index is 558. The van der Waals surface area contributed by atoms with Gasteiger partial charge in [-0.3, -0.25) is 14.4 Å².